The number of halogens is 2. The predicted octanol–water partition coefficient (Wildman–Crippen LogP) is 5.97. The fraction of sp³-hybridized carbons (Fsp3) is 0.0526. The molecule has 7 heteroatoms. The molecule has 0 saturated heterocycles. The Balaban J connectivity index is 1.76. The molecule has 1 heterocycles. The largest absolute Gasteiger partial charge is 0.358 e. The van der Waals surface area contributed by atoms with Gasteiger partial charge in [-0.15, -0.1) is 17.9 Å². The van der Waals surface area contributed by atoms with Crippen LogP contribution in [0.5, 0.6) is 0 Å². The maximum absolute atomic E-state index is 12.4. The van der Waals surface area contributed by atoms with E-state index in [4.69, 9.17) is 23.2 Å². The summed E-state index contributed by atoms with van der Waals surface area (Å²) in [6.45, 7) is 4.33. The van der Waals surface area contributed by atoms with Crippen LogP contribution >= 0.6 is 34.5 Å². The number of carbonyl (C=O) groups is 1. The number of rotatable bonds is 6. The first-order valence-corrected chi connectivity index (χ1v) is 9.37. The Hall–Kier alpha value is -2.34. The van der Waals surface area contributed by atoms with E-state index in [9.17, 15) is 4.79 Å². The zero-order valence-electron chi connectivity index (χ0n) is 13.6. The van der Waals surface area contributed by atoms with Gasteiger partial charge in [-0.05, 0) is 30.3 Å². The van der Waals surface area contributed by atoms with Crippen LogP contribution in [0.1, 0.15) is 10.4 Å². The molecule has 0 saturated carbocycles. The molecule has 0 unspecified atom stereocenters. The van der Waals surface area contributed by atoms with Crippen LogP contribution in [0.4, 0.5) is 10.8 Å². The number of benzene rings is 2. The number of hydrogen-bond donors (Lipinski definition) is 2. The molecule has 0 aliphatic rings. The Morgan fingerprint density at radius 1 is 1.19 bits per heavy atom. The fourth-order valence-electron chi connectivity index (χ4n) is 2.24. The number of carbonyl (C=O) groups excluding carboxylic acids is 1. The second-order valence-corrected chi connectivity index (χ2v) is 7.04. The zero-order valence-corrected chi connectivity index (χ0v) is 16.0. The van der Waals surface area contributed by atoms with Crippen LogP contribution in [0.15, 0.2) is 60.5 Å². The van der Waals surface area contributed by atoms with Crippen molar-refractivity contribution in [2.45, 2.75) is 0 Å². The summed E-state index contributed by atoms with van der Waals surface area (Å²) in [5.41, 5.74) is 2.87. The Labute approximate surface area is 165 Å². The molecule has 1 aromatic heterocycles. The van der Waals surface area contributed by atoms with Gasteiger partial charge in [0.1, 0.15) is 0 Å². The minimum absolute atomic E-state index is 0.257. The van der Waals surface area contributed by atoms with E-state index in [0.29, 0.717) is 27.8 Å². The minimum atomic E-state index is -0.257. The van der Waals surface area contributed by atoms with Gasteiger partial charge >= 0.3 is 0 Å². The predicted molar refractivity (Wildman–Crippen MR) is 111 cm³/mol. The number of nitrogens with zero attached hydrogens (tertiary/aromatic N) is 1. The topological polar surface area (TPSA) is 54.0 Å². The molecule has 26 heavy (non-hydrogen) atoms. The summed E-state index contributed by atoms with van der Waals surface area (Å²) in [6.07, 6.45) is 1.78. The van der Waals surface area contributed by atoms with Gasteiger partial charge in [-0.3, -0.25) is 4.79 Å². The lowest BCUT2D eigenvalue weighted by atomic mass is 10.1. The third kappa shape index (κ3) is 4.43. The highest BCUT2D eigenvalue weighted by molar-refractivity contribution is 7.14. The molecule has 0 aliphatic carbocycles. The van der Waals surface area contributed by atoms with Crippen LogP contribution in [-0.2, 0) is 0 Å². The van der Waals surface area contributed by atoms with E-state index in [1.807, 2.05) is 29.6 Å². The summed E-state index contributed by atoms with van der Waals surface area (Å²) in [7, 11) is 0. The second-order valence-electron chi connectivity index (χ2n) is 5.37. The monoisotopic (exact) mass is 403 g/mol. The van der Waals surface area contributed by atoms with Gasteiger partial charge in [-0.1, -0.05) is 41.4 Å². The van der Waals surface area contributed by atoms with Crippen LogP contribution in [-0.4, -0.2) is 17.4 Å². The lowest BCUT2D eigenvalue weighted by Gasteiger charge is -2.07. The van der Waals surface area contributed by atoms with Crippen LogP contribution in [0.3, 0.4) is 0 Å². The molecule has 0 aliphatic heterocycles. The smallest absolute Gasteiger partial charge is 0.255 e. The van der Waals surface area contributed by atoms with E-state index in [-0.39, 0.29) is 5.91 Å². The fourth-order valence-corrected chi connectivity index (χ4v) is 3.27. The van der Waals surface area contributed by atoms with Crippen molar-refractivity contribution in [1.29, 1.82) is 0 Å². The summed E-state index contributed by atoms with van der Waals surface area (Å²) < 4.78 is 0. The standard InChI is InChI=1S/C19H15Cl2N3OS/c1-2-8-22-19-24-17(11-26-19)12-4-3-5-14(9-12)23-18(25)13-6-7-15(20)16(21)10-13/h2-7,9-11H,1,8H2,(H,22,24)(H,23,25). The van der Waals surface area contributed by atoms with Crippen LogP contribution < -0.4 is 10.6 Å². The normalized spacial score (nSPS) is 10.4. The lowest BCUT2D eigenvalue weighted by molar-refractivity contribution is 0.102. The highest BCUT2D eigenvalue weighted by atomic mass is 35.5. The Morgan fingerprint density at radius 2 is 2.04 bits per heavy atom. The number of amides is 1. The Bertz CT molecular complexity index is 955. The van der Waals surface area contributed by atoms with Gasteiger partial charge < -0.3 is 10.6 Å². The summed E-state index contributed by atoms with van der Waals surface area (Å²) in [4.78, 5) is 16.9. The zero-order chi connectivity index (χ0) is 18.5. The number of aromatic nitrogens is 1. The molecule has 0 fully saturated rings. The maximum atomic E-state index is 12.4. The number of thiazole rings is 1. The van der Waals surface area contributed by atoms with Crippen molar-refractivity contribution in [2.75, 3.05) is 17.2 Å². The summed E-state index contributed by atoms with van der Waals surface area (Å²) >= 11 is 13.4. The minimum Gasteiger partial charge on any atom is -0.358 e. The van der Waals surface area contributed by atoms with E-state index in [0.717, 1.165) is 16.4 Å². The summed E-state index contributed by atoms with van der Waals surface area (Å²) in [5, 5.41) is 9.56. The van der Waals surface area contributed by atoms with E-state index in [1.165, 1.54) is 11.3 Å². The number of anilines is 2. The Kier molecular flexibility index (Phi) is 5.93. The quantitative estimate of drug-likeness (QED) is 0.498. The average molecular weight is 404 g/mol. The Morgan fingerprint density at radius 3 is 2.81 bits per heavy atom. The van der Waals surface area contributed by atoms with Crippen LogP contribution in [0.25, 0.3) is 11.3 Å². The van der Waals surface area contributed by atoms with Gasteiger partial charge in [-0.25, -0.2) is 4.98 Å². The number of nitrogens with one attached hydrogen (secondary N) is 2. The van der Waals surface area contributed by atoms with Crippen LogP contribution in [0.2, 0.25) is 10.0 Å². The molecule has 2 N–H and O–H groups in total. The van der Waals surface area contributed by atoms with Crippen molar-refractivity contribution in [2.24, 2.45) is 0 Å². The molecule has 4 nitrogen and oxygen atoms in total. The van der Waals surface area contributed by atoms with Crippen molar-refractivity contribution in [3.05, 3.63) is 76.1 Å². The van der Waals surface area contributed by atoms with Crippen molar-refractivity contribution < 1.29 is 4.79 Å². The van der Waals surface area contributed by atoms with Crippen molar-refractivity contribution in [3.63, 3.8) is 0 Å². The van der Waals surface area contributed by atoms with Gasteiger partial charge in [0.2, 0.25) is 0 Å². The summed E-state index contributed by atoms with van der Waals surface area (Å²) in [6, 6.07) is 12.3. The highest BCUT2D eigenvalue weighted by Gasteiger charge is 2.10. The molecule has 0 bridgehead atoms. The molecule has 132 valence electrons. The molecule has 0 radical (unpaired) electrons. The van der Waals surface area contributed by atoms with E-state index in [2.05, 4.69) is 22.2 Å². The maximum Gasteiger partial charge on any atom is 0.255 e. The SMILES string of the molecule is C=CCNc1nc(-c2cccc(NC(=O)c3ccc(Cl)c(Cl)c3)c2)cs1. The van der Waals surface area contributed by atoms with Gasteiger partial charge in [0.15, 0.2) is 5.13 Å². The highest BCUT2D eigenvalue weighted by Crippen LogP contribution is 2.27. The van der Waals surface area contributed by atoms with Crippen molar-refractivity contribution in [1.82, 2.24) is 4.98 Å². The molecule has 2 aromatic carbocycles. The third-order valence-corrected chi connectivity index (χ3v) is 5.04. The van der Waals surface area contributed by atoms with E-state index in [1.54, 1.807) is 24.3 Å². The molecule has 0 spiro atoms. The van der Waals surface area contributed by atoms with Crippen LogP contribution in [0, 0.1) is 0 Å². The first-order chi connectivity index (χ1) is 12.6. The molecular weight excluding hydrogens is 389 g/mol. The molecular formula is C19H15Cl2N3OS. The molecule has 1 amide bonds. The van der Waals surface area contributed by atoms with Gasteiger partial charge in [0, 0.05) is 28.7 Å². The van der Waals surface area contributed by atoms with Gasteiger partial charge in [-0.2, -0.15) is 0 Å². The first kappa shape index (κ1) is 18.5. The molecule has 0 atom stereocenters. The summed E-state index contributed by atoms with van der Waals surface area (Å²) in [5.74, 6) is -0.257. The van der Waals surface area contributed by atoms with Gasteiger partial charge in [0.25, 0.3) is 5.91 Å². The average Bonchev–Trinajstić information content (AvgIpc) is 3.11. The van der Waals surface area contributed by atoms with E-state index < -0.39 is 0 Å². The second kappa shape index (κ2) is 8.36. The third-order valence-electron chi connectivity index (χ3n) is 3.50. The first-order valence-electron chi connectivity index (χ1n) is 7.74. The molecule has 3 aromatic rings. The van der Waals surface area contributed by atoms with Gasteiger partial charge in [0.05, 0.1) is 15.7 Å². The van der Waals surface area contributed by atoms with Crippen molar-refractivity contribution in [3.8, 4) is 11.3 Å². The number of hydrogen-bond acceptors (Lipinski definition) is 4. The van der Waals surface area contributed by atoms with Crippen molar-refractivity contribution >= 4 is 51.3 Å². The molecule has 3 rings (SSSR count). The van der Waals surface area contributed by atoms with E-state index >= 15 is 0 Å². The lowest BCUT2D eigenvalue weighted by Crippen LogP contribution is -2.11.